The lowest BCUT2D eigenvalue weighted by Gasteiger charge is -2.27. The van der Waals surface area contributed by atoms with E-state index >= 15 is 0 Å². The molecule has 2 aliphatic rings. The number of quaternary nitrogens is 1. The van der Waals surface area contributed by atoms with Crippen LogP contribution in [0.2, 0.25) is 0 Å². The van der Waals surface area contributed by atoms with Crippen LogP contribution in [0.4, 0.5) is 5.69 Å². The van der Waals surface area contributed by atoms with E-state index in [1.54, 1.807) is 6.07 Å². The third-order valence-electron chi connectivity index (χ3n) is 5.27. The second-order valence-electron chi connectivity index (χ2n) is 7.43. The molecule has 0 aromatic heterocycles. The normalized spacial score (nSPS) is 18.0. The highest BCUT2D eigenvalue weighted by molar-refractivity contribution is 7.95. The monoisotopic (exact) mass is 409 g/mol. The number of carbonyl (C=O) groups is 1. The maximum absolute atomic E-state index is 10.7. The lowest BCUT2D eigenvalue weighted by molar-refractivity contribution is -0.725. The molecule has 3 rings (SSSR count). The summed E-state index contributed by atoms with van der Waals surface area (Å²) in [4.78, 5) is 20.9. The highest BCUT2D eigenvalue weighted by atomic mass is 32.2. The SMILES string of the molecule is C1CCC([NH2+]C2CCCCC2)CC1.[NH-]CC(=O)OSc1ccccc1[N+](=O)[O-]. The molecule has 0 radical (unpaired) electrons. The number of nitro groups is 1. The number of nitrogens with zero attached hydrogens (tertiary/aromatic N) is 1. The van der Waals surface area contributed by atoms with E-state index in [-0.39, 0.29) is 10.6 Å². The van der Waals surface area contributed by atoms with E-state index in [0.717, 1.165) is 12.1 Å². The Morgan fingerprint density at radius 1 is 1.07 bits per heavy atom. The van der Waals surface area contributed by atoms with Crippen molar-refractivity contribution < 1.29 is 19.2 Å². The molecule has 7 nitrogen and oxygen atoms in total. The van der Waals surface area contributed by atoms with Crippen molar-refractivity contribution in [1.82, 2.24) is 0 Å². The Balaban J connectivity index is 0.000000202. The van der Waals surface area contributed by atoms with Gasteiger partial charge in [-0.1, -0.05) is 25.0 Å². The lowest BCUT2D eigenvalue weighted by atomic mass is 9.91. The van der Waals surface area contributed by atoms with Crippen molar-refractivity contribution >= 4 is 23.7 Å². The second kappa shape index (κ2) is 12.7. The summed E-state index contributed by atoms with van der Waals surface area (Å²) < 4.78 is 4.55. The molecule has 8 heteroatoms. The van der Waals surface area contributed by atoms with E-state index in [0.29, 0.717) is 12.0 Å². The Hall–Kier alpha value is -1.64. The van der Waals surface area contributed by atoms with Crippen LogP contribution in [0.15, 0.2) is 29.2 Å². The lowest BCUT2D eigenvalue weighted by Crippen LogP contribution is -2.95. The zero-order valence-electron chi connectivity index (χ0n) is 16.3. The molecule has 1 aromatic rings. The Bertz CT molecular complexity index is 601. The van der Waals surface area contributed by atoms with E-state index in [9.17, 15) is 14.9 Å². The minimum Gasteiger partial charge on any atom is -0.668 e. The molecule has 2 saturated carbocycles. The summed E-state index contributed by atoms with van der Waals surface area (Å²) in [5.41, 5.74) is 6.57. The zero-order valence-corrected chi connectivity index (χ0v) is 17.1. The highest BCUT2D eigenvalue weighted by Crippen LogP contribution is 2.29. The standard InChI is InChI=1S/C12H23N.C8H7N2O4S/c1-3-7-11(8-4-1)13-12-9-5-2-6-10-12;9-5-8(11)14-15-7-4-2-1-3-6(7)10(12)13/h11-13H,1-10H2;1-4,9H,5H2/q;-1/p+1. The molecule has 0 aliphatic heterocycles. The molecule has 0 spiro atoms. The summed E-state index contributed by atoms with van der Waals surface area (Å²) in [6.45, 7) is -0.506. The minimum absolute atomic E-state index is 0.125. The van der Waals surface area contributed by atoms with Crippen molar-refractivity contribution in [2.75, 3.05) is 6.54 Å². The molecule has 0 heterocycles. The Morgan fingerprint density at radius 2 is 1.61 bits per heavy atom. The molecule has 1 aromatic carbocycles. The van der Waals surface area contributed by atoms with E-state index in [2.05, 4.69) is 9.50 Å². The van der Waals surface area contributed by atoms with Gasteiger partial charge in [-0.2, -0.15) is 0 Å². The quantitative estimate of drug-likeness (QED) is 0.425. The Kier molecular flexibility index (Phi) is 10.3. The molecule has 0 saturated heterocycles. The molecule has 0 unspecified atom stereocenters. The third kappa shape index (κ3) is 8.16. The van der Waals surface area contributed by atoms with E-state index in [4.69, 9.17) is 5.73 Å². The molecule has 0 bridgehead atoms. The number of nitro benzene ring substituents is 1. The first-order valence-electron chi connectivity index (χ1n) is 10.2. The number of nitrogens with one attached hydrogen (secondary N) is 1. The average Bonchev–Trinajstić information content (AvgIpc) is 2.74. The maximum Gasteiger partial charge on any atom is 0.297 e. The first-order chi connectivity index (χ1) is 13.6. The molecule has 0 amide bonds. The summed E-state index contributed by atoms with van der Waals surface area (Å²) in [6, 6.07) is 7.91. The van der Waals surface area contributed by atoms with Gasteiger partial charge < -0.3 is 15.2 Å². The largest absolute Gasteiger partial charge is 0.668 e. The van der Waals surface area contributed by atoms with Gasteiger partial charge in [0.15, 0.2) is 0 Å². The van der Waals surface area contributed by atoms with Crippen LogP contribution in [0.1, 0.15) is 64.2 Å². The first-order valence-corrected chi connectivity index (χ1v) is 10.9. The highest BCUT2D eigenvalue weighted by Gasteiger charge is 2.22. The van der Waals surface area contributed by atoms with Gasteiger partial charge in [-0.05, 0) is 64.0 Å². The van der Waals surface area contributed by atoms with Gasteiger partial charge in [0.2, 0.25) is 0 Å². The molecule has 156 valence electrons. The molecule has 2 fully saturated rings. The number of nitrogens with two attached hydrogens (primary N) is 1. The summed E-state index contributed by atoms with van der Waals surface area (Å²) in [5, 5.41) is 13.3. The summed E-state index contributed by atoms with van der Waals surface area (Å²) in [6.07, 6.45) is 15.0. The Morgan fingerprint density at radius 3 is 2.11 bits per heavy atom. The predicted molar refractivity (Wildman–Crippen MR) is 110 cm³/mol. The number of para-hydroxylation sites is 1. The van der Waals surface area contributed by atoms with Gasteiger partial charge in [-0.3, -0.25) is 14.9 Å². The predicted octanol–water partition coefficient (Wildman–Crippen LogP) is 4.41. The zero-order chi connectivity index (χ0) is 20.2. The van der Waals surface area contributed by atoms with Gasteiger partial charge in [-0.15, -0.1) is 0 Å². The number of rotatable bonds is 6. The second-order valence-corrected chi connectivity index (χ2v) is 8.20. The van der Waals surface area contributed by atoms with E-state index < -0.39 is 17.4 Å². The van der Waals surface area contributed by atoms with Crippen molar-refractivity contribution in [2.24, 2.45) is 0 Å². The molecular formula is C20H31N3O4S. The molecule has 3 N–H and O–H groups in total. The fourth-order valence-corrected chi connectivity index (χ4v) is 4.44. The van der Waals surface area contributed by atoms with Crippen LogP contribution < -0.4 is 5.32 Å². The maximum atomic E-state index is 10.7. The van der Waals surface area contributed by atoms with Gasteiger partial charge in [0.25, 0.3) is 11.7 Å². The van der Waals surface area contributed by atoms with Gasteiger partial charge in [-0.25, -0.2) is 0 Å². The van der Waals surface area contributed by atoms with E-state index in [1.165, 1.54) is 82.4 Å². The van der Waals surface area contributed by atoms with Crippen molar-refractivity contribution in [3.05, 3.63) is 40.1 Å². The van der Waals surface area contributed by atoms with Crippen LogP contribution in [-0.4, -0.2) is 29.5 Å². The van der Waals surface area contributed by atoms with Gasteiger partial charge >= 0.3 is 0 Å². The van der Waals surface area contributed by atoms with Crippen LogP contribution in [0.3, 0.4) is 0 Å². The summed E-state index contributed by atoms with van der Waals surface area (Å²) >= 11 is 0.597. The number of carbonyl (C=O) groups excluding carboxylic acids is 1. The number of hydrogen-bond donors (Lipinski definition) is 1. The topological polar surface area (TPSA) is 110 Å². The van der Waals surface area contributed by atoms with Crippen molar-refractivity contribution in [1.29, 1.82) is 0 Å². The van der Waals surface area contributed by atoms with Crippen molar-refractivity contribution in [3.8, 4) is 0 Å². The average molecular weight is 410 g/mol. The molecule has 2 aliphatic carbocycles. The van der Waals surface area contributed by atoms with Crippen LogP contribution in [0.25, 0.3) is 5.73 Å². The van der Waals surface area contributed by atoms with Gasteiger partial charge in [0.05, 0.1) is 17.0 Å². The van der Waals surface area contributed by atoms with Gasteiger partial charge in [0, 0.05) is 6.07 Å². The fourth-order valence-electron chi connectivity index (χ4n) is 3.84. The molecular weight excluding hydrogens is 378 g/mol. The van der Waals surface area contributed by atoms with Crippen molar-refractivity contribution in [3.63, 3.8) is 0 Å². The van der Waals surface area contributed by atoms with Crippen molar-refractivity contribution in [2.45, 2.75) is 81.2 Å². The number of benzene rings is 1. The van der Waals surface area contributed by atoms with Crippen LogP contribution in [0, 0.1) is 10.1 Å². The third-order valence-corrected chi connectivity index (χ3v) is 6.07. The van der Waals surface area contributed by atoms with E-state index in [1.807, 2.05) is 0 Å². The molecule has 0 atom stereocenters. The van der Waals surface area contributed by atoms with Gasteiger partial charge in [0.1, 0.15) is 16.9 Å². The minimum atomic E-state index is -0.738. The Labute approximate surface area is 171 Å². The fraction of sp³-hybridized carbons (Fsp3) is 0.650. The smallest absolute Gasteiger partial charge is 0.297 e. The summed E-state index contributed by atoms with van der Waals surface area (Å²) in [5.74, 6) is -0.738. The summed E-state index contributed by atoms with van der Waals surface area (Å²) in [7, 11) is 0. The molecule has 28 heavy (non-hydrogen) atoms. The number of hydrogen-bond acceptors (Lipinski definition) is 5. The first kappa shape index (κ1) is 22.6. The van der Waals surface area contributed by atoms with Crippen LogP contribution in [0.5, 0.6) is 0 Å². The van der Waals surface area contributed by atoms with Crippen LogP contribution in [-0.2, 0) is 8.98 Å². The van der Waals surface area contributed by atoms with Crippen LogP contribution >= 0.6 is 12.0 Å².